The lowest BCUT2D eigenvalue weighted by atomic mass is 10.1. The molecule has 0 saturated carbocycles. The highest BCUT2D eigenvalue weighted by atomic mass is 16.2. The van der Waals surface area contributed by atoms with Crippen LogP contribution in [0.3, 0.4) is 0 Å². The number of carbonyl (C=O) groups is 2. The second-order valence-electron chi connectivity index (χ2n) is 6.52. The SMILES string of the molecule is Cc1ccc(C)c(N2N=C(C(=O)N(C)Cc3ccccn3)CCC2=O)c1. The van der Waals surface area contributed by atoms with Crippen molar-refractivity contribution < 1.29 is 9.59 Å². The summed E-state index contributed by atoms with van der Waals surface area (Å²) in [5.41, 5.74) is 3.92. The van der Waals surface area contributed by atoms with Crippen LogP contribution in [0.2, 0.25) is 0 Å². The first kappa shape index (κ1) is 17.8. The second-order valence-corrected chi connectivity index (χ2v) is 6.52. The highest BCUT2D eigenvalue weighted by Crippen LogP contribution is 2.25. The number of carbonyl (C=O) groups excluding carboxylic acids is 2. The largest absolute Gasteiger partial charge is 0.335 e. The van der Waals surface area contributed by atoms with Crippen molar-refractivity contribution in [2.24, 2.45) is 5.10 Å². The summed E-state index contributed by atoms with van der Waals surface area (Å²) in [5.74, 6) is -0.277. The Morgan fingerprint density at radius 3 is 2.73 bits per heavy atom. The summed E-state index contributed by atoms with van der Waals surface area (Å²) in [5, 5.41) is 5.76. The maximum absolute atomic E-state index is 12.8. The van der Waals surface area contributed by atoms with Crippen molar-refractivity contribution in [1.29, 1.82) is 0 Å². The summed E-state index contributed by atoms with van der Waals surface area (Å²) < 4.78 is 0. The van der Waals surface area contributed by atoms with E-state index in [0.717, 1.165) is 22.5 Å². The Morgan fingerprint density at radius 2 is 2.00 bits per heavy atom. The van der Waals surface area contributed by atoms with Crippen LogP contribution in [0.15, 0.2) is 47.7 Å². The number of aryl methyl sites for hydroxylation is 2. The number of rotatable bonds is 4. The summed E-state index contributed by atoms with van der Waals surface area (Å²) in [6.07, 6.45) is 2.33. The summed E-state index contributed by atoms with van der Waals surface area (Å²) in [6, 6.07) is 11.5. The van der Waals surface area contributed by atoms with Crippen LogP contribution in [0.25, 0.3) is 0 Å². The van der Waals surface area contributed by atoms with Crippen LogP contribution in [0.5, 0.6) is 0 Å². The molecule has 0 unspecified atom stereocenters. The highest BCUT2D eigenvalue weighted by molar-refractivity contribution is 6.40. The molecule has 1 aliphatic heterocycles. The van der Waals surface area contributed by atoms with E-state index in [9.17, 15) is 9.59 Å². The Morgan fingerprint density at radius 1 is 1.19 bits per heavy atom. The molecule has 26 heavy (non-hydrogen) atoms. The van der Waals surface area contributed by atoms with E-state index < -0.39 is 0 Å². The molecular formula is C20H22N4O2. The van der Waals surface area contributed by atoms with Gasteiger partial charge in [-0.25, -0.2) is 5.01 Å². The van der Waals surface area contributed by atoms with Crippen molar-refractivity contribution >= 4 is 23.2 Å². The van der Waals surface area contributed by atoms with Gasteiger partial charge in [0.05, 0.1) is 17.9 Å². The fourth-order valence-electron chi connectivity index (χ4n) is 2.87. The zero-order chi connectivity index (χ0) is 18.7. The van der Waals surface area contributed by atoms with Crippen LogP contribution in [-0.4, -0.2) is 34.5 Å². The predicted octanol–water partition coefficient (Wildman–Crippen LogP) is 2.84. The normalized spacial score (nSPS) is 14.2. The van der Waals surface area contributed by atoms with Gasteiger partial charge in [-0.2, -0.15) is 5.10 Å². The molecular weight excluding hydrogens is 328 g/mol. The fraction of sp³-hybridized carbons (Fsp3) is 0.300. The maximum Gasteiger partial charge on any atom is 0.270 e. The number of aromatic nitrogens is 1. The second kappa shape index (κ2) is 7.47. The Labute approximate surface area is 153 Å². The average Bonchev–Trinajstić information content (AvgIpc) is 2.64. The van der Waals surface area contributed by atoms with Crippen molar-refractivity contribution in [2.75, 3.05) is 12.1 Å². The molecule has 6 nitrogen and oxygen atoms in total. The third-order valence-corrected chi connectivity index (χ3v) is 4.34. The van der Waals surface area contributed by atoms with Gasteiger partial charge in [0.2, 0.25) is 5.91 Å². The van der Waals surface area contributed by atoms with E-state index in [1.54, 1.807) is 18.1 Å². The van der Waals surface area contributed by atoms with Gasteiger partial charge < -0.3 is 4.90 Å². The van der Waals surface area contributed by atoms with Crippen LogP contribution >= 0.6 is 0 Å². The van der Waals surface area contributed by atoms with Crippen LogP contribution in [-0.2, 0) is 16.1 Å². The minimum Gasteiger partial charge on any atom is -0.335 e. The molecule has 2 amide bonds. The third kappa shape index (κ3) is 3.79. The maximum atomic E-state index is 12.8. The first-order chi connectivity index (χ1) is 12.5. The minimum absolute atomic E-state index is 0.0948. The average molecular weight is 350 g/mol. The van der Waals surface area contributed by atoms with Gasteiger partial charge >= 0.3 is 0 Å². The van der Waals surface area contributed by atoms with E-state index >= 15 is 0 Å². The number of amides is 2. The number of anilines is 1. The first-order valence-corrected chi connectivity index (χ1v) is 8.59. The highest BCUT2D eigenvalue weighted by Gasteiger charge is 2.28. The molecule has 0 N–H and O–H groups in total. The third-order valence-electron chi connectivity index (χ3n) is 4.34. The van der Waals surface area contributed by atoms with Crippen LogP contribution in [0, 0.1) is 13.8 Å². The lowest BCUT2D eigenvalue weighted by Crippen LogP contribution is -2.40. The number of nitrogens with zero attached hydrogens (tertiary/aromatic N) is 4. The van der Waals surface area contributed by atoms with Crippen molar-refractivity contribution in [2.45, 2.75) is 33.2 Å². The Hall–Kier alpha value is -3.02. The van der Waals surface area contributed by atoms with Crippen molar-refractivity contribution in [3.8, 4) is 0 Å². The van der Waals surface area contributed by atoms with Gasteiger partial charge in [0.15, 0.2) is 0 Å². The molecule has 0 fully saturated rings. The molecule has 0 aliphatic carbocycles. The van der Waals surface area contributed by atoms with Gasteiger partial charge in [0, 0.05) is 26.1 Å². The molecule has 1 aromatic carbocycles. The standard InChI is InChI=1S/C20H22N4O2/c1-14-7-8-15(2)18(12-14)24-19(25)10-9-17(22-24)20(26)23(3)13-16-6-4-5-11-21-16/h4-8,11-12H,9-10,13H2,1-3H3. The van der Waals surface area contributed by atoms with Crippen molar-refractivity contribution in [1.82, 2.24) is 9.88 Å². The zero-order valence-corrected chi connectivity index (χ0v) is 15.3. The van der Waals surface area contributed by atoms with E-state index in [-0.39, 0.29) is 18.2 Å². The Balaban J connectivity index is 1.84. The first-order valence-electron chi connectivity index (χ1n) is 8.59. The summed E-state index contributed by atoms with van der Waals surface area (Å²) in [4.78, 5) is 31.0. The number of hydrazone groups is 1. The monoisotopic (exact) mass is 350 g/mol. The molecule has 0 spiro atoms. The summed E-state index contributed by atoms with van der Waals surface area (Å²) >= 11 is 0. The van der Waals surface area contributed by atoms with Gasteiger partial charge in [-0.05, 0) is 43.2 Å². The molecule has 1 aromatic heterocycles. The predicted molar refractivity (Wildman–Crippen MR) is 101 cm³/mol. The van der Waals surface area contributed by atoms with E-state index in [4.69, 9.17) is 0 Å². The lowest BCUT2D eigenvalue weighted by Gasteiger charge is -2.26. The van der Waals surface area contributed by atoms with Gasteiger partial charge in [-0.1, -0.05) is 18.2 Å². The molecule has 0 atom stereocenters. The fourth-order valence-corrected chi connectivity index (χ4v) is 2.87. The number of benzene rings is 1. The van der Waals surface area contributed by atoms with Gasteiger partial charge in [0.1, 0.15) is 5.71 Å². The van der Waals surface area contributed by atoms with Crippen molar-refractivity contribution in [3.63, 3.8) is 0 Å². The molecule has 2 aromatic rings. The molecule has 0 bridgehead atoms. The van der Waals surface area contributed by atoms with E-state index in [2.05, 4.69) is 10.1 Å². The van der Waals surface area contributed by atoms with Crippen LogP contribution in [0.4, 0.5) is 5.69 Å². The summed E-state index contributed by atoms with van der Waals surface area (Å²) in [6.45, 7) is 4.30. The Bertz CT molecular complexity index is 861. The number of hydrogen-bond acceptors (Lipinski definition) is 4. The van der Waals surface area contributed by atoms with Crippen LogP contribution in [0.1, 0.15) is 29.7 Å². The number of hydrogen-bond donors (Lipinski definition) is 0. The molecule has 134 valence electrons. The van der Waals surface area contributed by atoms with E-state index in [1.165, 1.54) is 5.01 Å². The minimum atomic E-state index is -0.182. The van der Waals surface area contributed by atoms with Gasteiger partial charge in [0.25, 0.3) is 5.91 Å². The topological polar surface area (TPSA) is 65.9 Å². The van der Waals surface area contributed by atoms with Crippen molar-refractivity contribution in [3.05, 3.63) is 59.4 Å². The molecule has 2 heterocycles. The molecule has 0 saturated heterocycles. The van der Waals surface area contributed by atoms with Gasteiger partial charge in [-0.3, -0.25) is 14.6 Å². The molecule has 3 rings (SSSR count). The molecule has 1 aliphatic rings. The van der Waals surface area contributed by atoms with E-state index in [1.807, 2.05) is 50.2 Å². The van der Waals surface area contributed by atoms with Gasteiger partial charge in [-0.15, -0.1) is 0 Å². The lowest BCUT2D eigenvalue weighted by molar-refractivity contribution is -0.123. The molecule has 6 heteroatoms. The summed E-state index contributed by atoms with van der Waals surface area (Å²) in [7, 11) is 1.72. The molecule has 0 radical (unpaired) electrons. The Kier molecular flexibility index (Phi) is 5.11. The smallest absolute Gasteiger partial charge is 0.270 e. The van der Waals surface area contributed by atoms with E-state index in [0.29, 0.717) is 18.7 Å². The number of pyridine rings is 1. The van der Waals surface area contributed by atoms with Crippen LogP contribution < -0.4 is 5.01 Å². The zero-order valence-electron chi connectivity index (χ0n) is 15.3. The quantitative estimate of drug-likeness (QED) is 0.852.